The van der Waals surface area contributed by atoms with Crippen molar-refractivity contribution in [3.8, 4) is 0 Å². The van der Waals surface area contributed by atoms with Crippen molar-refractivity contribution < 1.29 is 4.79 Å². The van der Waals surface area contributed by atoms with E-state index in [-0.39, 0.29) is 16.9 Å². The van der Waals surface area contributed by atoms with Crippen LogP contribution in [0.3, 0.4) is 0 Å². The van der Waals surface area contributed by atoms with Crippen molar-refractivity contribution in [2.24, 2.45) is 23.2 Å². The number of fused-ring (bicyclic) bond motifs is 6. The van der Waals surface area contributed by atoms with Crippen LogP contribution in [0.15, 0.2) is 47.3 Å². The van der Waals surface area contributed by atoms with Crippen LogP contribution in [0.4, 0.5) is 5.69 Å². The molecule has 4 aliphatic rings. The summed E-state index contributed by atoms with van der Waals surface area (Å²) in [6, 6.07) is 11.0. The van der Waals surface area contributed by atoms with Gasteiger partial charge in [0.25, 0.3) is 5.56 Å². The zero-order valence-corrected chi connectivity index (χ0v) is 21.0. The molecule has 4 aliphatic carbocycles. The van der Waals surface area contributed by atoms with Gasteiger partial charge >= 0.3 is 0 Å². The van der Waals surface area contributed by atoms with Gasteiger partial charge in [-0.2, -0.15) is 0 Å². The molecule has 3 unspecified atom stereocenters. The quantitative estimate of drug-likeness (QED) is 0.514. The summed E-state index contributed by atoms with van der Waals surface area (Å²) in [7, 11) is 0. The third-order valence-corrected chi connectivity index (χ3v) is 10.1. The van der Waals surface area contributed by atoms with E-state index >= 15 is 0 Å². The Morgan fingerprint density at radius 3 is 2.86 bits per heavy atom. The van der Waals surface area contributed by atoms with Gasteiger partial charge in [-0.3, -0.25) is 9.59 Å². The fourth-order valence-corrected chi connectivity index (χ4v) is 8.31. The van der Waals surface area contributed by atoms with Crippen LogP contribution >= 0.6 is 0 Å². The van der Waals surface area contributed by atoms with E-state index < -0.39 is 0 Å². The summed E-state index contributed by atoms with van der Waals surface area (Å²) in [6.45, 7) is 6.99. The van der Waals surface area contributed by atoms with Gasteiger partial charge in [-0.1, -0.05) is 43.3 Å². The topological polar surface area (TPSA) is 62.0 Å². The number of pyridine rings is 1. The van der Waals surface area contributed by atoms with Crippen molar-refractivity contribution in [2.75, 3.05) is 5.32 Å². The molecule has 35 heavy (non-hydrogen) atoms. The van der Waals surface area contributed by atoms with Crippen LogP contribution in [0.5, 0.6) is 0 Å². The molecule has 1 heterocycles. The van der Waals surface area contributed by atoms with E-state index in [4.69, 9.17) is 0 Å². The van der Waals surface area contributed by atoms with Crippen LogP contribution in [0.25, 0.3) is 0 Å². The van der Waals surface area contributed by atoms with Gasteiger partial charge in [-0.25, -0.2) is 0 Å². The van der Waals surface area contributed by atoms with Gasteiger partial charge in [0, 0.05) is 12.1 Å². The first-order chi connectivity index (χ1) is 16.9. The van der Waals surface area contributed by atoms with Crippen LogP contribution < -0.4 is 10.9 Å². The third-order valence-electron chi connectivity index (χ3n) is 10.1. The minimum Gasteiger partial charge on any atom is -0.324 e. The number of allylic oxidation sites excluding steroid dienone is 1. The summed E-state index contributed by atoms with van der Waals surface area (Å²) in [5, 5.41) is 2.94. The lowest BCUT2D eigenvalue weighted by Gasteiger charge is -2.51. The molecule has 6 rings (SSSR count). The molecule has 0 aliphatic heterocycles. The van der Waals surface area contributed by atoms with Crippen molar-refractivity contribution in [1.29, 1.82) is 0 Å². The SMILES string of the molecule is C=C1C[C@@H](CCC(=O)Nc2cc3c([nH]c2=O)CCCC3)C2C3CCc4ccccc4C3CC[C@]12C. The number of nitrogens with one attached hydrogen (secondary N) is 2. The number of rotatable bonds is 4. The molecule has 0 radical (unpaired) electrons. The van der Waals surface area contributed by atoms with E-state index in [9.17, 15) is 9.59 Å². The van der Waals surface area contributed by atoms with E-state index in [2.05, 4.69) is 48.1 Å². The van der Waals surface area contributed by atoms with Crippen molar-refractivity contribution in [3.05, 3.63) is 75.2 Å². The maximum absolute atomic E-state index is 13.0. The predicted octanol–water partition coefficient (Wildman–Crippen LogP) is 6.31. The highest BCUT2D eigenvalue weighted by Crippen LogP contribution is 2.65. The highest BCUT2D eigenvalue weighted by Gasteiger charge is 2.55. The van der Waals surface area contributed by atoms with E-state index in [0.717, 1.165) is 44.2 Å². The van der Waals surface area contributed by atoms with E-state index in [1.54, 1.807) is 11.1 Å². The lowest BCUT2D eigenvalue weighted by atomic mass is 9.53. The number of benzene rings is 1. The number of anilines is 1. The maximum Gasteiger partial charge on any atom is 0.271 e. The average Bonchev–Trinajstić information content (AvgIpc) is 3.13. The Morgan fingerprint density at radius 1 is 1.14 bits per heavy atom. The van der Waals surface area contributed by atoms with Gasteiger partial charge in [0.15, 0.2) is 0 Å². The number of amides is 1. The second kappa shape index (κ2) is 8.80. The summed E-state index contributed by atoms with van der Waals surface area (Å²) in [4.78, 5) is 28.5. The molecule has 5 atom stereocenters. The lowest BCUT2D eigenvalue weighted by Crippen LogP contribution is -2.42. The van der Waals surface area contributed by atoms with Gasteiger partial charge < -0.3 is 10.3 Å². The molecular weight excluding hydrogens is 432 g/mol. The number of H-pyrrole nitrogens is 1. The van der Waals surface area contributed by atoms with Crippen molar-refractivity contribution >= 4 is 11.6 Å². The number of carbonyl (C=O) groups is 1. The fourth-order valence-electron chi connectivity index (χ4n) is 8.31. The molecule has 1 aromatic heterocycles. The molecule has 184 valence electrons. The van der Waals surface area contributed by atoms with Gasteiger partial charge in [0.1, 0.15) is 5.69 Å². The number of aromatic amines is 1. The lowest BCUT2D eigenvalue weighted by molar-refractivity contribution is -0.116. The predicted molar refractivity (Wildman–Crippen MR) is 141 cm³/mol. The van der Waals surface area contributed by atoms with E-state index in [1.165, 1.54) is 36.8 Å². The van der Waals surface area contributed by atoms with Gasteiger partial charge in [0.05, 0.1) is 0 Å². The maximum atomic E-state index is 13.0. The molecule has 2 aromatic rings. The second-order valence-corrected chi connectivity index (χ2v) is 11.9. The van der Waals surface area contributed by atoms with Crippen molar-refractivity contribution in [2.45, 2.75) is 83.5 Å². The first kappa shape index (κ1) is 22.8. The van der Waals surface area contributed by atoms with E-state index in [0.29, 0.717) is 35.8 Å². The molecule has 0 saturated heterocycles. The number of hydrogen-bond acceptors (Lipinski definition) is 2. The first-order valence-electron chi connectivity index (χ1n) is 13.7. The van der Waals surface area contributed by atoms with Gasteiger partial charge in [0.2, 0.25) is 5.91 Å². The minimum atomic E-state index is -0.170. The van der Waals surface area contributed by atoms with Crippen molar-refractivity contribution in [3.63, 3.8) is 0 Å². The van der Waals surface area contributed by atoms with Gasteiger partial charge in [-0.05, 0) is 116 Å². The highest BCUT2D eigenvalue weighted by molar-refractivity contribution is 5.90. The summed E-state index contributed by atoms with van der Waals surface area (Å²) >= 11 is 0. The Kier molecular flexibility index (Phi) is 5.74. The smallest absolute Gasteiger partial charge is 0.271 e. The Hall–Kier alpha value is -2.62. The molecule has 0 spiro atoms. The van der Waals surface area contributed by atoms with Crippen LogP contribution in [0, 0.1) is 23.2 Å². The van der Waals surface area contributed by atoms with E-state index in [1.807, 2.05) is 6.07 Å². The summed E-state index contributed by atoms with van der Waals surface area (Å²) < 4.78 is 0. The molecule has 1 amide bonds. The Balaban J connectivity index is 1.17. The van der Waals surface area contributed by atoms with Crippen LogP contribution in [0.2, 0.25) is 0 Å². The average molecular weight is 471 g/mol. The fraction of sp³-hybridized carbons (Fsp3) is 0.548. The molecule has 0 bridgehead atoms. The molecule has 4 heteroatoms. The second-order valence-electron chi connectivity index (χ2n) is 11.9. The van der Waals surface area contributed by atoms with Gasteiger partial charge in [-0.15, -0.1) is 0 Å². The largest absolute Gasteiger partial charge is 0.324 e. The van der Waals surface area contributed by atoms with Crippen LogP contribution in [0.1, 0.15) is 86.6 Å². The first-order valence-corrected chi connectivity index (χ1v) is 13.7. The molecule has 2 N–H and O–H groups in total. The molecular formula is C31H38N2O2. The van der Waals surface area contributed by atoms with Crippen LogP contribution in [-0.4, -0.2) is 10.9 Å². The zero-order valence-electron chi connectivity index (χ0n) is 21.0. The molecule has 2 fully saturated rings. The monoisotopic (exact) mass is 470 g/mol. The Morgan fingerprint density at radius 2 is 1.97 bits per heavy atom. The molecule has 4 nitrogen and oxygen atoms in total. The van der Waals surface area contributed by atoms with Crippen molar-refractivity contribution in [1.82, 2.24) is 4.98 Å². The summed E-state index contributed by atoms with van der Waals surface area (Å²) in [5.74, 6) is 2.39. The molecule has 1 aromatic carbocycles. The number of carbonyl (C=O) groups excluding carboxylic acids is 1. The molecule has 2 saturated carbocycles. The van der Waals surface area contributed by atoms with Crippen LogP contribution in [-0.2, 0) is 24.1 Å². The summed E-state index contributed by atoms with van der Waals surface area (Å²) in [6.07, 6.45) is 11.4. The normalized spacial score (nSPS) is 31.2. The summed E-state index contributed by atoms with van der Waals surface area (Å²) in [5.41, 5.74) is 7.19. The third kappa shape index (κ3) is 3.90. The Labute approximate surface area is 208 Å². The number of aryl methyl sites for hydroxylation is 3. The zero-order chi connectivity index (χ0) is 24.2. The minimum absolute atomic E-state index is 0.0353. The number of hydrogen-bond donors (Lipinski definition) is 2. The Bertz CT molecular complexity index is 1230. The highest BCUT2D eigenvalue weighted by atomic mass is 16.2. The number of aromatic nitrogens is 1. The standard InChI is InChI=1S/C31H38N2O2/c1-19-17-22(12-14-28(34)32-27-18-21-8-4-6-10-26(21)33-30(27)35)29-25-13-11-20-7-3-5-9-23(20)24(25)15-16-31(19,29)2/h3,5,7,9,18,22,24-25,29H,1,4,6,8,10-17H2,2H3,(H,32,34)(H,33,35)/t22-,24?,25?,29?,31-/m1/s1.